The second-order valence-corrected chi connectivity index (χ2v) is 5.91. The molecule has 5 heteroatoms. The summed E-state index contributed by atoms with van der Waals surface area (Å²) in [5.74, 6) is -0.206. The Kier molecular flexibility index (Phi) is 5.26. The van der Waals surface area contributed by atoms with E-state index in [1.165, 1.54) is 0 Å². The number of amides is 1. The number of para-hydroxylation sites is 1. The lowest BCUT2D eigenvalue weighted by Crippen LogP contribution is -2.29. The fourth-order valence-electron chi connectivity index (χ4n) is 2.77. The van der Waals surface area contributed by atoms with Gasteiger partial charge in [0.15, 0.2) is 0 Å². The van der Waals surface area contributed by atoms with Crippen molar-refractivity contribution in [3.8, 4) is 5.69 Å². The number of carbonyl (C=O) groups excluding carboxylic acids is 1. The van der Waals surface area contributed by atoms with Crippen LogP contribution in [-0.2, 0) is 0 Å². The van der Waals surface area contributed by atoms with E-state index in [2.05, 4.69) is 10.4 Å². The van der Waals surface area contributed by atoms with Gasteiger partial charge in [-0.25, -0.2) is 4.68 Å². The molecule has 128 valence electrons. The van der Waals surface area contributed by atoms with Crippen LogP contribution in [0.3, 0.4) is 0 Å². The first-order valence-electron chi connectivity index (χ1n) is 8.26. The minimum atomic E-state index is -0.236. The molecular formula is C20H21N3O2. The molecule has 5 nitrogen and oxygen atoms in total. The monoisotopic (exact) mass is 335 g/mol. The topological polar surface area (TPSA) is 67.2 Å². The third kappa shape index (κ3) is 3.95. The molecule has 0 aliphatic carbocycles. The first kappa shape index (κ1) is 16.9. The van der Waals surface area contributed by atoms with Crippen LogP contribution in [0.4, 0.5) is 0 Å². The molecule has 25 heavy (non-hydrogen) atoms. The van der Waals surface area contributed by atoms with Gasteiger partial charge in [-0.3, -0.25) is 4.79 Å². The Labute approximate surface area is 146 Å². The van der Waals surface area contributed by atoms with Crippen molar-refractivity contribution >= 4 is 5.91 Å². The summed E-state index contributed by atoms with van der Waals surface area (Å²) in [4.78, 5) is 12.6. The Morgan fingerprint density at radius 2 is 1.88 bits per heavy atom. The standard InChI is InChI=1S/C20H21N3O2/c1-15-7-5-6-10-19(15)23-14-17(13-21-23)20(25)22-18(11-12-24)16-8-3-2-4-9-16/h2-10,13-14,18,24H,11-12H2,1H3,(H,22,25). The minimum absolute atomic E-state index is 0.00229. The number of hydrogen-bond acceptors (Lipinski definition) is 3. The number of rotatable bonds is 6. The van der Waals surface area contributed by atoms with Crippen LogP contribution >= 0.6 is 0 Å². The molecule has 1 unspecified atom stereocenters. The molecule has 0 spiro atoms. The first-order chi connectivity index (χ1) is 12.2. The van der Waals surface area contributed by atoms with Crippen molar-refractivity contribution in [2.24, 2.45) is 0 Å². The lowest BCUT2D eigenvalue weighted by Gasteiger charge is -2.17. The molecule has 0 saturated carbocycles. The molecule has 1 aromatic heterocycles. The fourth-order valence-corrected chi connectivity index (χ4v) is 2.77. The lowest BCUT2D eigenvalue weighted by atomic mass is 10.0. The van der Waals surface area contributed by atoms with Gasteiger partial charge in [0, 0.05) is 12.8 Å². The Morgan fingerprint density at radius 1 is 1.16 bits per heavy atom. The number of hydrogen-bond donors (Lipinski definition) is 2. The maximum absolute atomic E-state index is 12.6. The van der Waals surface area contributed by atoms with E-state index in [4.69, 9.17) is 0 Å². The molecule has 1 heterocycles. The van der Waals surface area contributed by atoms with E-state index < -0.39 is 0 Å². The van der Waals surface area contributed by atoms with E-state index >= 15 is 0 Å². The van der Waals surface area contributed by atoms with Gasteiger partial charge in [-0.2, -0.15) is 5.10 Å². The molecule has 0 fully saturated rings. The number of aliphatic hydroxyl groups is 1. The fraction of sp³-hybridized carbons (Fsp3) is 0.200. The van der Waals surface area contributed by atoms with Crippen molar-refractivity contribution in [1.29, 1.82) is 0 Å². The zero-order valence-corrected chi connectivity index (χ0v) is 14.1. The Hall–Kier alpha value is -2.92. The summed E-state index contributed by atoms with van der Waals surface area (Å²) >= 11 is 0. The Morgan fingerprint density at radius 3 is 2.60 bits per heavy atom. The first-order valence-corrected chi connectivity index (χ1v) is 8.26. The van der Waals surface area contributed by atoms with Crippen molar-refractivity contribution < 1.29 is 9.90 Å². The summed E-state index contributed by atoms with van der Waals surface area (Å²) < 4.78 is 1.70. The zero-order valence-electron chi connectivity index (χ0n) is 14.1. The Bertz CT molecular complexity index is 843. The Balaban J connectivity index is 1.78. The third-order valence-corrected chi connectivity index (χ3v) is 4.13. The molecule has 1 amide bonds. The van der Waals surface area contributed by atoms with Gasteiger partial charge in [-0.05, 0) is 30.5 Å². The molecule has 3 rings (SSSR count). The van der Waals surface area contributed by atoms with Gasteiger partial charge in [0.2, 0.25) is 0 Å². The largest absolute Gasteiger partial charge is 0.396 e. The SMILES string of the molecule is Cc1ccccc1-n1cc(C(=O)NC(CCO)c2ccccc2)cn1. The third-order valence-electron chi connectivity index (χ3n) is 4.13. The van der Waals surface area contributed by atoms with E-state index in [0.717, 1.165) is 16.8 Å². The molecule has 1 atom stereocenters. The van der Waals surface area contributed by atoms with Crippen LogP contribution in [0.15, 0.2) is 67.0 Å². The van der Waals surface area contributed by atoms with Crippen LogP contribution < -0.4 is 5.32 Å². The number of nitrogens with one attached hydrogen (secondary N) is 1. The van der Waals surface area contributed by atoms with Crippen LogP contribution in [0.5, 0.6) is 0 Å². The summed E-state index contributed by atoms with van der Waals surface area (Å²) in [5.41, 5.74) is 3.48. The zero-order chi connectivity index (χ0) is 17.6. The van der Waals surface area contributed by atoms with Gasteiger partial charge >= 0.3 is 0 Å². The molecule has 0 aliphatic rings. The van der Waals surface area contributed by atoms with E-state index in [-0.39, 0.29) is 18.6 Å². The predicted octanol–water partition coefficient (Wildman–Crippen LogP) is 3.03. The summed E-state index contributed by atoms with van der Waals surface area (Å²) in [5, 5.41) is 16.6. The van der Waals surface area contributed by atoms with E-state index in [1.54, 1.807) is 17.1 Å². The van der Waals surface area contributed by atoms with Gasteiger partial charge in [-0.15, -0.1) is 0 Å². The number of aromatic nitrogens is 2. The highest BCUT2D eigenvalue weighted by Crippen LogP contribution is 2.18. The highest BCUT2D eigenvalue weighted by Gasteiger charge is 2.17. The van der Waals surface area contributed by atoms with Crippen molar-refractivity contribution in [1.82, 2.24) is 15.1 Å². The summed E-state index contributed by atoms with van der Waals surface area (Å²) in [6, 6.07) is 17.3. The van der Waals surface area contributed by atoms with Crippen LogP contribution in [0.1, 0.15) is 33.9 Å². The maximum Gasteiger partial charge on any atom is 0.254 e. The van der Waals surface area contributed by atoms with Gasteiger partial charge < -0.3 is 10.4 Å². The van der Waals surface area contributed by atoms with Gasteiger partial charge in [-0.1, -0.05) is 48.5 Å². The number of aliphatic hydroxyl groups excluding tert-OH is 1. The maximum atomic E-state index is 12.6. The molecule has 0 bridgehead atoms. The van der Waals surface area contributed by atoms with E-state index in [0.29, 0.717) is 12.0 Å². The number of carbonyl (C=O) groups is 1. The molecular weight excluding hydrogens is 314 g/mol. The smallest absolute Gasteiger partial charge is 0.254 e. The van der Waals surface area contributed by atoms with Crippen LogP contribution in [0.25, 0.3) is 5.69 Å². The molecule has 0 saturated heterocycles. The van der Waals surface area contributed by atoms with Crippen molar-refractivity contribution in [3.05, 3.63) is 83.7 Å². The van der Waals surface area contributed by atoms with Crippen LogP contribution in [0, 0.1) is 6.92 Å². The lowest BCUT2D eigenvalue weighted by molar-refractivity contribution is 0.0930. The molecule has 2 N–H and O–H groups in total. The highest BCUT2D eigenvalue weighted by molar-refractivity contribution is 5.94. The summed E-state index contributed by atoms with van der Waals surface area (Å²) in [6.07, 6.45) is 3.74. The van der Waals surface area contributed by atoms with Gasteiger partial charge in [0.1, 0.15) is 0 Å². The van der Waals surface area contributed by atoms with E-state index in [9.17, 15) is 9.90 Å². The summed E-state index contributed by atoms with van der Waals surface area (Å²) in [6.45, 7) is 2.01. The number of benzene rings is 2. The second kappa shape index (κ2) is 7.77. The molecule has 0 radical (unpaired) electrons. The number of aryl methyl sites for hydroxylation is 1. The van der Waals surface area contributed by atoms with Crippen LogP contribution in [-0.4, -0.2) is 27.4 Å². The normalized spacial score (nSPS) is 11.9. The average molecular weight is 335 g/mol. The molecule has 0 aliphatic heterocycles. The van der Waals surface area contributed by atoms with Crippen molar-refractivity contribution in [2.75, 3.05) is 6.61 Å². The van der Waals surface area contributed by atoms with Crippen molar-refractivity contribution in [3.63, 3.8) is 0 Å². The molecule has 3 aromatic rings. The van der Waals surface area contributed by atoms with Gasteiger partial charge in [0.05, 0.1) is 23.5 Å². The van der Waals surface area contributed by atoms with E-state index in [1.807, 2.05) is 61.5 Å². The van der Waals surface area contributed by atoms with Crippen molar-refractivity contribution in [2.45, 2.75) is 19.4 Å². The molecule has 2 aromatic carbocycles. The quantitative estimate of drug-likeness (QED) is 0.727. The van der Waals surface area contributed by atoms with Gasteiger partial charge in [0.25, 0.3) is 5.91 Å². The highest BCUT2D eigenvalue weighted by atomic mass is 16.3. The second-order valence-electron chi connectivity index (χ2n) is 5.91. The number of nitrogens with zero attached hydrogens (tertiary/aromatic N) is 2. The summed E-state index contributed by atoms with van der Waals surface area (Å²) in [7, 11) is 0. The minimum Gasteiger partial charge on any atom is -0.396 e. The van der Waals surface area contributed by atoms with Crippen LogP contribution in [0.2, 0.25) is 0 Å². The average Bonchev–Trinajstić information content (AvgIpc) is 3.12. The predicted molar refractivity (Wildman–Crippen MR) is 96.7 cm³/mol.